The van der Waals surface area contributed by atoms with Gasteiger partial charge in [-0.05, 0) is 86.3 Å². The van der Waals surface area contributed by atoms with Crippen LogP contribution in [-0.4, -0.2) is 20.8 Å². The zero-order valence-electron chi connectivity index (χ0n) is 30.0. The molecule has 0 spiro atoms. The van der Waals surface area contributed by atoms with Crippen molar-refractivity contribution in [3.63, 3.8) is 0 Å². The van der Waals surface area contributed by atoms with Crippen LogP contribution in [0.1, 0.15) is 91.9 Å². The first-order valence-electron chi connectivity index (χ1n) is 18.5. The van der Waals surface area contributed by atoms with Crippen molar-refractivity contribution in [1.29, 1.82) is 0 Å². The zero-order chi connectivity index (χ0) is 35.7. The first-order chi connectivity index (χ1) is 24.9. The number of rotatable bonds is 18. The lowest BCUT2D eigenvalue weighted by Gasteiger charge is -2.18. The fraction of sp³-hybridized carbons (Fsp3) is 0.381. The van der Waals surface area contributed by atoms with E-state index < -0.39 is 0 Å². The van der Waals surface area contributed by atoms with Gasteiger partial charge in [0.1, 0.15) is 22.7 Å². The van der Waals surface area contributed by atoms with Crippen molar-refractivity contribution in [2.45, 2.75) is 104 Å². The fourth-order valence-corrected chi connectivity index (χ4v) is 9.33. The number of halogens is 2. The molecule has 6 aromatic rings. The minimum atomic E-state index is -0.226. The molecule has 9 heteroatoms. The van der Waals surface area contributed by atoms with Crippen molar-refractivity contribution >= 4 is 56.8 Å². The van der Waals surface area contributed by atoms with E-state index in [1.54, 1.807) is 34.8 Å². The Labute approximate surface area is 313 Å². The van der Waals surface area contributed by atoms with Gasteiger partial charge in [0.25, 0.3) is 0 Å². The minimum Gasteiger partial charge on any atom is -0.382 e. The van der Waals surface area contributed by atoms with Crippen LogP contribution in [0.25, 0.3) is 52.8 Å². The van der Waals surface area contributed by atoms with Crippen LogP contribution in [0.15, 0.2) is 72.8 Å². The molecule has 6 rings (SSSR count). The predicted octanol–water partition coefficient (Wildman–Crippen LogP) is 14.3. The summed E-state index contributed by atoms with van der Waals surface area (Å²) in [7, 11) is 0. The van der Waals surface area contributed by atoms with E-state index in [1.807, 2.05) is 48.5 Å². The molecule has 268 valence electrons. The number of benzene rings is 3. The maximum absolute atomic E-state index is 15.5. The first kappa shape index (κ1) is 37.1. The number of anilines is 2. The van der Waals surface area contributed by atoms with E-state index in [1.165, 1.54) is 50.3 Å². The third-order valence-corrected chi connectivity index (χ3v) is 12.5. The topological polar surface area (TPSA) is 49.8 Å². The van der Waals surface area contributed by atoms with Crippen molar-refractivity contribution in [2.75, 3.05) is 10.6 Å². The van der Waals surface area contributed by atoms with E-state index in [0.29, 0.717) is 23.2 Å². The third-order valence-electron chi connectivity index (χ3n) is 9.67. The van der Waals surface area contributed by atoms with Crippen molar-refractivity contribution in [3.8, 4) is 41.8 Å². The summed E-state index contributed by atoms with van der Waals surface area (Å²) in [5.74, 6) is -0.452. The molecule has 3 heterocycles. The van der Waals surface area contributed by atoms with E-state index in [2.05, 4.69) is 59.2 Å². The quantitative estimate of drug-likeness (QED) is 0.0861. The number of hydrogen-bond donors (Lipinski definition) is 2. The highest BCUT2D eigenvalue weighted by Crippen LogP contribution is 2.43. The molecule has 0 fully saturated rings. The summed E-state index contributed by atoms with van der Waals surface area (Å²) < 4.78 is 40.3. The van der Waals surface area contributed by atoms with Gasteiger partial charge in [-0.2, -0.15) is 8.75 Å². The SMILES string of the molecule is CCCCCC(CC)Nc1ccc(-c2ccc(-c3ccc(-c4ccc(-c5ccc(NC(CC)CCCCC)cc5F)s4)c4nsnc34)s2)c(F)c1. The fourth-order valence-electron chi connectivity index (χ4n) is 6.64. The second-order valence-corrected chi connectivity index (χ2v) is 16.0. The molecule has 0 aliphatic rings. The summed E-state index contributed by atoms with van der Waals surface area (Å²) in [6, 6.07) is 23.9. The molecule has 0 bridgehead atoms. The molecule has 0 amide bonds. The van der Waals surface area contributed by atoms with Crippen LogP contribution < -0.4 is 10.6 Å². The van der Waals surface area contributed by atoms with E-state index in [-0.39, 0.29) is 11.6 Å². The first-order valence-corrected chi connectivity index (χ1v) is 20.9. The number of nitrogens with zero attached hydrogens (tertiary/aromatic N) is 2. The number of hydrogen-bond acceptors (Lipinski definition) is 7. The van der Waals surface area contributed by atoms with E-state index in [9.17, 15) is 0 Å². The average molecular weight is 743 g/mol. The predicted molar refractivity (Wildman–Crippen MR) is 219 cm³/mol. The largest absolute Gasteiger partial charge is 0.382 e. The molecule has 0 saturated heterocycles. The Balaban J connectivity index is 1.18. The van der Waals surface area contributed by atoms with Gasteiger partial charge in [-0.15, -0.1) is 22.7 Å². The molecule has 2 atom stereocenters. The number of unbranched alkanes of at least 4 members (excludes halogenated alkanes) is 4. The van der Waals surface area contributed by atoms with E-state index >= 15 is 8.78 Å². The lowest BCUT2D eigenvalue weighted by atomic mass is 10.0. The second kappa shape index (κ2) is 17.7. The highest BCUT2D eigenvalue weighted by atomic mass is 32.1. The van der Waals surface area contributed by atoms with Gasteiger partial charge in [0, 0.05) is 65.2 Å². The number of fused-ring (bicyclic) bond motifs is 1. The van der Waals surface area contributed by atoms with Gasteiger partial charge in [-0.1, -0.05) is 78.4 Å². The zero-order valence-corrected chi connectivity index (χ0v) is 32.5. The molecular weight excluding hydrogens is 695 g/mol. The Morgan fingerprint density at radius 1 is 0.529 bits per heavy atom. The number of thiophene rings is 2. The lowest BCUT2D eigenvalue weighted by molar-refractivity contribution is 0.573. The van der Waals surface area contributed by atoms with Crippen LogP contribution in [-0.2, 0) is 0 Å². The Morgan fingerprint density at radius 2 is 0.922 bits per heavy atom. The summed E-state index contributed by atoms with van der Waals surface area (Å²) in [6.45, 7) is 8.78. The monoisotopic (exact) mass is 742 g/mol. The molecule has 0 radical (unpaired) electrons. The summed E-state index contributed by atoms with van der Waals surface area (Å²) in [5, 5.41) is 7.07. The molecule has 3 aromatic heterocycles. The molecule has 2 N–H and O–H groups in total. The van der Waals surface area contributed by atoms with Gasteiger partial charge < -0.3 is 10.6 Å². The van der Waals surface area contributed by atoms with Crippen molar-refractivity contribution in [2.24, 2.45) is 0 Å². The van der Waals surface area contributed by atoms with Gasteiger partial charge in [-0.3, -0.25) is 0 Å². The maximum Gasteiger partial charge on any atom is 0.133 e. The molecule has 2 unspecified atom stereocenters. The van der Waals surface area contributed by atoms with Gasteiger partial charge in [0.15, 0.2) is 0 Å². The van der Waals surface area contributed by atoms with Crippen molar-refractivity contribution in [3.05, 3.63) is 84.4 Å². The van der Waals surface area contributed by atoms with Crippen LogP contribution in [0, 0.1) is 11.6 Å². The molecule has 0 saturated carbocycles. The van der Waals surface area contributed by atoms with Crippen LogP contribution >= 0.6 is 34.4 Å². The van der Waals surface area contributed by atoms with Crippen molar-refractivity contribution in [1.82, 2.24) is 8.75 Å². The minimum absolute atomic E-state index is 0.226. The Morgan fingerprint density at radius 3 is 1.29 bits per heavy atom. The average Bonchev–Trinajstić information content (AvgIpc) is 3.93. The summed E-state index contributed by atoms with van der Waals surface area (Å²) >= 11 is 4.30. The maximum atomic E-state index is 15.5. The van der Waals surface area contributed by atoms with Gasteiger partial charge in [0.05, 0.1) is 11.7 Å². The van der Waals surface area contributed by atoms with Gasteiger partial charge in [0.2, 0.25) is 0 Å². The summed E-state index contributed by atoms with van der Waals surface area (Å²) in [6.07, 6.45) is 11.4. The molecule has 0 aliphatic carbocycles. The Bertz CT molecular complexity index is 1890. The normalized spacial score (nSPS) is 12.7. The Hall–Kier alpha value is -3.66. The van der Waals surface area contributed by atoms with Crippen molar-refractivity contribution < 1.29 is 8.78 Å². The molecule has 3 aromatic carbocycles. The molecular formula is C42H48F2N4S3. The van der Waals surface area contributed by atoms with Gasteiger partial charge >= 0.3 is 0 Å². The van der Waals surface area contributed by atoms with E-state index in [0.717, 1.165) is 78.7 Å². The number of nitrogens with one attached hydrogen (secondary N) is 2. The van der Waals surface area contributed by atoms with Crippen LogP contribution in [0.4, 0.5) is 20.2 Å². The highest BCUT2D eigenvalue weighted by molar-refractivity contribution is 7.19. The standard InChI is InChI=1S/C42H48F2N4S3/c1-5-9-11-13-27(7-3)45-29-15-17-31(35(43)25-29)37-21-23-39(49-37)33-19-20-34(42-41(33)47-51-48-42)40-24-22-38(50-40)32-18-16-30(26-36(32)44)46-28(8-4)14-12-10-6-2/h15-28,45-46H,5-14H2,1-4H3. The summed E-state index contributed by atoms with van der Waals surface area (Å²) in [5.41, 5.74) is 6.44. The molecule has 0 aliphatic heterocycles. The molecule has 4 nitrogen and oxygen atoms in total. The van der Waals surface area contributed by atoms with Crippen LogP contribution in [0.3, 0.4) is 0 Å². The second-order valence-electron chi connectivity index (χ2n) is 13.3. The Kier molecular flexibility index (Phi) is 12.9. The lowest BCUT2D eigenvalue weighted by Crippen LogP contribution is -2.18. The molecule has 51 heavy (non-hydrogen) atoms. The third kappa shape index (κ3) is 8.87. The van der Waals surface area contributed by atoms with Crippen LogP contribution in [0.5, 0.6) is 0 Å². The summed E-state index contributed by atoms with van der Waals surface area (Å²) in [4.78, 5) is 3.77. The highest BCUT2D eigenvalue weighted by Gasteiger charge is 2.19. The van der Waals surface area contributed by atoms with E-state index in [4.69, 9.17) is 0 Å². The van der Waals surface area contributed by atoms with Crippen LogP contribution in [0.2, 0.25) is 0 Å². The van der Waals surface area contributed by atoms with Gasteiger partial charge in [-0.25, -0.2) is 8.78 Å². The smallest absolute Gasteiger partial charge is 0.133 e. The number of aromatic nitrogens is 2.